The van der Waals surface area contributed by atoms with Gasteiger partial charge in [-0.25, -0.2) is 0 Å². The predicted molar refractivity (Wildman–Crippen MR) is 67.1 cm³/mol. The van der Waals surface area contributed by atoms with Gasteiger partial charge in [-0.05, 0) is 24.7 Å². The lowest BCUT2D eigenvalue weighted by atomic mass is 9.86. The number of hydrogen-bond acceptors (Lipinski definition) is 1. The molecule has 0 saturated heterocycles. The Bertz CT molecular complexity index is 218. The minimum atomic E-state index is -0.0494. The first-order valence-corrected chi connectivity index (χ1v) is 6.88. The Labute approximate surface area is 101 Å². The molecule has 15 heavy (non-hydrogen) atoms. The van der Waals surface area contributed by atoms with Crippen molar-refractivity contribution in [3.8, 4) is 0 Å². The van der Waals surface area contributed by atoms with Crippen LogP contribution in [0.2, 0.25) is 0 Å². The monoisotopic (exact) mass is 275 g/mol. The summed E-state index contributed by atoms with van der Waals surface area (Å²) < 4.78 is 0. The van der Waals surface area contributed by atoms with Gasteiger partial charge < -0.3 is 5.32 Å². The Morgan fingerprint density at radius 3 is 2.47 bits per heavy atom. The fourth-order valence-corrected chi connectivity index (χ4v) is 2.23. The number of alkyl halides is 1. The summed E-state index contributed by atoms with van der Waals surface area (Å²) in [4.78, 5) is 11.8. The molecule has 1 rings (SSSR count). The van der Waals surface area contributed by atoms with Gasteiger partial charge in [-0.2, -0.15) is 0 Å². The number of amides is 1. The van der Waals surface area contributed by atoms with E-state index < -0.39 is 0 Å². The average molecular weight is 276 g/mol. The summed E-state index contributed by atoms with van der Waals surface area (Å²) in [5.41, 5.74) is 0. The molecule has 0 bridgehead atoms. The highest BCUT2D eigenvalue weighted by atomic mass is 79.9. The first-order chi connectivity index (χ1) is 7.02. The largest absolute Gasteiger partial charge is 0.352 e. The maximum absolute atomic E-state index is 11.8. The smallest absolute Gasteiger partial charge is 0.234 e. The third-order valence-corrected chi connectivity index (χ3v) is 4.75. The van der Waals surface area contributed by atoms with Crippen LogP contribution < -0.4 is 5.32 Å². The molecule has 2 nitrogen and oxygen atoms in total. The number of carbonyl (C=O) groups is 1. The molecule has 1 saturated carbocycles. The van der Waals surface area contributed by atoms with Crippen molar-refractivity contribution in [3.63, 3.8) is 0 Å². The van der Waals surface area contributed by atoms with Crippen LogP contribution in [0.15, 0.2) is 0 Å². The molecular formula is C12H22BrNO. The van der Waals surface area contributed by atoms with Crippen LogP contribution in [0.1, 0.15) is 46.5 Å². The minimum Gasteiger partial charge on any atom is -0.352 e. The van der Waals surface area contributed by atoms with Gasteiger partial charge in [0.1, 0.15) is 0 Å². The van der Waals surface area contributed by atoms with Gasteiger partial charge in [-0.1, -0.05) is 49.5 Å². The molecule has 0 spiro atoms. The van der Waals surface area contributed by atoms with Crippen LogP contribution in [0.25, 0.3) is 0 Å². The molecule has 0 aromatic rings. The SMILES string of the molecule is CC(C)[C@H](Br)C(=O)N[C@H]1CCCC[C@@H]1C. The van der Waals surface area contributed by atoms with Crippen LogP contribution in [0, 0.1) is 11.8 Å². The lowest BCUT2D eigenvalue weighted by molar-refractivity contribution is -0.122. The zero-order valence-electron chi connectivity index (χ0n) is 9.92. The molecule has 0 heterocycles. The summed E-state index contributed by atoms with van der Waals surface area (Å²) in [7, 11) is 0. The molecule has 0 aromatic heterocycles. The van der Waals surface area contributed by atoms with Gasteiger partial charge in [0.25, 0.3) is 0 Å². The number of nitrogens with one attached hydrogen (secondary N) is 1. The summed E-state index contributed by atoms with van der Waals surface area (Å²) in [6.45, 7) is 6.36. The van der Waals surface area contributed by atoms with Gasteiger partial charge in [-0.15, -0.1) is 0 Å². The zero-order chi connectivity index (χ0) is 11.4. The van der Waals surface area contributed by atoms with E-state index >= 15 is 0 Å². The highest BCUT2D eigenvalue weighted by molar-refractivity contribution is 9.10. The van der Waals surface area contributed by atoms with Gasteiger partial charge in [0, 0.05) is 6.04 Å². The summed E-state index contributed by atoms with van der Waals surface area (Å²) >= 11 is 3.44. The molecule has 1 aliphatic carbocycles. The molecule has 3 heteroatoms. The predicted octanol–water partition coefficient (Wildman–Crippen LogP) is 3.10. The lowest BCUT2D eigenvalue weighted by Crippen LogP contribution is -2.45. The van der Waals surface area contributed by atoms with Crippen molar-refractivity contribution in [3.05, 3.63) is 0 Å². The maximum atomic E-state index is 11.8. The first kappa shape index (κ1) is 13.0. The first-order valence-electron chi connectivity index (χ1n) is 5.96. The van der Waals surface area contributed by atoms with Crippen LogP contribution in [-0.4, -0.2) is 16.8 Å². The van der Waals surface area contributed by atoms with Crippen molar-refractivity contribution < 1.29 is 4.79 Å². The van der Waals surface area contributed by atoms with Crippen LogP contribution in [0.5, 0.6) is 0 Å². The Morgan fingerprint density at radius 2 is 1.93 bits per heavy atom. The van der Waals surface area contributed by atoms with Crippen LogP contribution in [0.4, 0.5) is 0 Å². The second-order valence-electron chi connectivity index (χ2n) is 5.02. The Hall–Kier alpha value is -0.0500. The molecule has 1 N–H and O–H groups in total. The van der Waals surface area contributed by atoms with Gasteiger partial charge in [0.15, 0.2) is 0 Å². The maximum Gasteiger partial charge on any atom is 0.234 e. The van der Waals surface area contributed by atoms with Crippen molar-refractivity contribution in [2.45, 2.75) is 57.3 Å². The van der Waals surface area contributed by atoms with E-state index in [1.165, 1.54) is 19.3 Å². The van der Waals surface area contributed by atoms with E-state index in [9.17, 15) is 4.79 Å². The van der Waals surface area contributed by atoms with Crippen molar-refractivity contribution >= 4 is 21.8 Å². The van der Waals surface area contributed by atoms with Crippen LogP contribution >= 0.6 is 15.9 Å². The quantitative estimate of drug-likeness (QED) is 0.788. The Balaban J connectivity index is 2.42. The topological polar surface area (TPSA) is 29.1 Å². The molecule has 1 fully saturated rings. The van der Waals surface area contributed by atoms with Gasteiger partial charge in [-0.3, -0.25) is 4.79 Å². The van der Waals surface area contributed by atoms with Crippen molar-refractivity contribution in [2.75, 3.05) is 0 Å². The summed E-state index contributed by atoms with van der Waals surface area (Å²) in [5, 5.41) is 3.16. The molecule has 1 aliphatic rings. The molecule has 88 valence electrons. The fourth-order valence-electron chi connectivity index (χ4n) is 2.10. The van der Waals surface area contributed by atoms with E-state index in [-0.39, 0.29) is 10.7 Å². The molecule has 3 atom stereocenters. The van der Waals surface area contributed by atoms with Crippen LogP contribution in [-0.2, 0) is 4.79 Å². The third-order valence-electron chi connectivity index (χ3n) is 3.27. The number of carbonyl (C=O) groups excluding carboxylic acids is 1. The highest BCUT2D eigenvalue weighted by Gasteiger charge is 2.26. The second-order valence-corrected chi connectivity index (χ2v) is 6.01. The number of hydrogen-bond donors (Lipinski definition) is 1. The molecule has 0 aromatic carbocycles. The summed E-state index contributed by atoms with van der Waals surface area (Å²) in [5.74, 6) is 1.14. The van der Waals surface area contributed by atoms with Crippen molar-refractivity contribution in [1.82, 2.24) is 5.32 Å². The van der Waals surface area contributed by atoms with E-state index in [1.54, 1.807) is 0 Å². The highest BCUT2D eigenvalue weighted by Crippen LogP contribution is 2.24. The van der Waals surface area contributed by atoms with E-state index in [4.69, 9.17) is 0 Å². The third kappa shape index (κ3) is 3.78. The van der Waals surface area contributed by atoms with Gasteiger partial charge in [0.05, 0.1) is 4.83 Å². The standard InChI is InChI=1S/C12H22BrNO/c1-8(2)11(13)12(15)14-10-7-5-4-6-9(10)3/h8-11H,4-7H2,1-3H3,(H,14,15)/t9-,10-,11-/m0/s1. The van der Waals surface area contributed by atoms with Crippen LogP contribution in [0.3, 0.4) is 0 Å². The molecule has 0 aliphatic heterocycles. The Morgan fingerprint density at radius 1 is 1.33 bits per heavy atom. The van der Waals surface area contributed by atoms with E-state index in [1.807, 2.05) is 0 Å². The minimum absolute atomic E-state index is 0.0494. The average Bonchev–Trinajstić information content (AvgIpc) is 2.20. The zero-order valence-corrected chi connectivity index (χ0v) is 11.5. The van der Waals surface area contributed by atoms with Gasteiger partial charge >= 0.3 is 0 Å². The fraction of sp³-hybridized carbons (Fsp3) is 0.917. The number of rotatable bonds is 3. The van der Waals surface area contributed by atoms with Gasteiger partial charge in [0.2, 0.25) is 5.91 Å². The number of halogens is 1. The molecule has 0 radical (unpaired) electrons. The van der Waals surface area contributed by atoms with Crippen molar-refractivity contribution in [1.29, 1.82) is 0 Å². The molecular weight excluding hydrogens is 254 g/mol. The molecule has 0 unspecified atom stereocenters. The lowest BCUT2D eigenvalue weighted by Gasteiger charge is -2.30. The second kappa shape index (κ2) is 5.88. The molecule has 1 amide bonds. The van der Waals surface area contributed by atoms with E-state index in [0.29, 0.717) is 17.9 Å². The summed E-state index contributed by atoms with van der Waals surface area (Å²) in [6, 6.07) is 0.394. The normalized spacial score (nSPS) is 28.9. The Kier molecular flexibility index (Phi) is 5.10. The summed E-state index contributed by atoms with van der Waals surface area (Å²) in [6.07, 6.45) is 4.96. The van der Waals surface area contributed by atoms with E-state index in [0.717, 1.165) is 6.42 Å². The van der Waals surface area contributed by atoms with Crippen molar-refractivity contribution in [2.24, 2.45) is 11.8 Å². The van der Waals surface area contributed by atoms with E-state index in [2.05, 4.69) is 42.0 Å².